The molecule has 5 heteroatoms. The number of anilines is 1. The summed E-state index contributed by atoms with van der Waals surface area (Å²) in [6.07, 6.45) is -0.361. The van der Waals surface area contributed by atoms with E-state index >= 15 is 0 Å². The van der Waals surface area contributed by atoms with Crippen LogP contribution < -0.4 is 4.90 Å². The molecule has 2 rings (SSSR count). The van der Waals surface area contributed by atoms with Crippen molar-refractivity contribution in [1.29, 1.82) is 0 Å². The van der Waals surface area contributed by atoms with Gasteiger partial charge in [0.1, 0.15) is 0 Å². The van der Waals surface area contributed by atoms with Crippen LogP contribution in [0.15, 0.2) is 30.3 Å². The Morgan fingerprint density at radius 3 is 2.29 bits per heavy atom. The monoisotopic (exact) mass is 293 g/mol. The lowest BCUT2D eigenvalue weighted by Gasteiger charge is -2.41. The van der Waals surface area contributed by atoms with E-state index in [1.54, 1.807) is 13.8 Å². The Morgan fingerprint density at radius 1 is 1.24 bits per heavy atom. The van der Waals surface area contributed by atoms with Crippen LogP contribution in [0, 0.1) is 0 Å². The summed E-state index contributed by atoms with van der Waals surface area (Å²) in [5.74, 6) is -0.942. The minimum absolute atomic E-state index is 0.411. The number of hydrogen-bond donors (Lipinski definition) is 2. The molecular formula is C16H23NO4. The van der Waals surface area contributed by atoms with E-state index in [1.807, 2.05) is 30.3 Å². The van der Waals surface area contributed by atoms with Crippen LogP contribution in [-0.2, 0) is 9.53 Å². The summed E-state index contributed by atoms with van der Waals surface area (Å²) in [6.45, 7) is 4.57. The number of hydrogen-bond acceptors (Lipinski definition) is 4. The van der Waals surface area contributed by atoms with Crippen molar-refractivity contribution in [3.63, 3.8) is 0 Å². The van der Waals surface area contributed by atoms with E-state index in [4.69, 9.17) is 4.74 Å². The van der Waals surface area contributed by atoms with E-state index in [2.05, 4.69) is 4.90 Å². The first-order chi connectivity index (χ1) is 9.94. The first kappa shape index (κ1) is 15.8. The van der Waals surface area contributed by atoms with Crippen LogP contribution in [0.4, 0.5) is 5.69 Å². The Labute approximate surface area is 125 Å². The molecule has 0 saturated carbocycles. The number of aliphatic carboxylic acids is 1. The quantitative estimate of drug-likeness (QED) is 0.867. The lowest BCUT2D eigenvalue weighted by Crippen LogP contribution is -2.53. The summed E-state index contributed by atoms with van der Waals surface area (Å²) in [5, 5.41) is 19.1. The molecule has 0 spiro atoms. The maximum absolute atomic E-state index is 11.7. The first-order valence-electron chi connectivity index (χ1n) is 7.34. The number of carbonyl (C=O) groups is 1. The fourth-order valence-corrected chi connectivity index (χ4v) is 2.60. The fourth-order valence-electron chi connectivity index (χ4n) is 2.60. The molecule has 0 radical (unpaired) electrons. The maximum Gasteiger partial charge on any atom is 0.336 e. The highest BCUT2D eigenvalue weighted by Crippen LogP contribution is 2.31. The summed E-state index contributed by atoms with van der Waals surface area (Å²) in [4.78, 5) is 13.8. The molecule has 2 atom stereocenters. The van der Waals surface area contributed by atoms with Crippen LogP contribution in [0.2, 0.25) is 0 Å². The van der Waals surface area contributed by atoms with Crippen LogP contribution in [0.3, 0.4) is 0 Å². The third kappa shape index (κ3) is 3.54. The number of piperidine rings is 1. The zero-order valence-electron chi connectivity index (χ0n) is 12.5. The van der Waals surface area contributed by atoms with Gasteiger partial charge in [-0.1, -0.05) is 18.2 Å². The van der Waals surface area contributed by atoms with Gasteiger partial charge in [0.15, 0.2) is 5.60 Å². The van der Waals surface area contributed by atoms with Gasteiger partial charge >= 0.3 is 5.97 Å². The molecule has 0 amide bonds. The molecule has 21 heavy (non-hydrogen) atoms. The second-order valence-electron chi connectivity index (χ2n) is 5.69. The minimum Gasteiger partial charge on any atom is -0.479 e. The molecule has 1 fully saturated rings. The molecule has 1 saturated heterocycles. The van der Waals surface area contributed by atoms with Gasteiger partial charge in [-0.25, -0.2) is 4.79 Å². The Bertz CT molecular complexity index is 466. The second kappa shape index (κ2) is 6.45. The van der Waals surface area contributed by atoms with E-state index < -0.39 is 23.8 Å². The zero-order valence-corrected chi connectivity index (χ0v) is 12.5. The molecule has 2 unspecified atom stereocenters. The lowest BCUT2D eigenvalue weighted by atomic mass is 9.90. The number of ether oxygens (including phenoxy) is 1. The number of carboxylic acids is 1. The highest BCUT2D eigenvalue weighted by molar-refractivity contribution is 5.78. The van der Waals surface area contributed by atoms with Crippen LogP contribution in [-0.4, -0.2) is 47.1 Å². The van der Waals surface area contributed by atoms with Crippen molar-refractivity contribution < 1.29 is 19.7 Å². The number of aliphatic hydroxyl groups is 1. The number of rotatable bonds is 5. The minimum atomic E-state index is -1.19. The summed E-state index contributed by atoms with van der Waals surface area (Å²) in [7, 11) is 0. The maximum atomic E-state index is 11.7. The highest BCUT2D eigenvalue weighted by Gasteiger charge is 2.44. The van der Waals surface area contributed by atoms with E-state index in [0.717, 1.165) is 5.69 Å². The van der Waals surface area contributed by atoms with E-state index in [9.17, 15) is 15.0 Å². The molecule has 5 nitrogen and oxygen atoms in total. The fraction of sp³-hybridized carbons (Fsp3) is 0.562. The van der Waals surface area contributed by atoms with Crippen LogP contribution in [0.25, 0.3) is 0 Å². The van der Waals surface area contributed by atoms with E-state index in [-0.39, 0.29) is 0 Å². The molecule has 0 bridgehead atoms. The van der Waals surface area contributed by atoms with Gasteiger partial charge in [-0.05, 0) is 26.0 Å². The number of carboxylic acid groups (broad SMARTS) is 1. The first-order valence-corrected chi connectivity index (χ1v) is 7.34. The zero-order chi connectivity index (χ0) is 15.5. The average molecular weight is 293 g/mol. The topological polar surface area (TPSA) is 70.0 Å². The van der Waals surface area contributed by atoms with Crippen molar-refractivity contribution in [3.05, 3.63) is 30.3 Å². The normalized spacial score (nSPS) is 20.8. The third-order valence-electron chi connectivity index (χ3n) is 4.17. The Balaban J connectivity index is 2.06. The average Bonchev–Trinajstić information content (AvgIpc) is 2.48. The van der Waals surface area contributed by atoms with Crippen LogP contribution >= 0.6 is 0 Å². The van der Waals surface area contributed by atoms with E-state index in [1.165, 1.54) is 0 Å². The lowest BCUT2D eigenvalue weighted by molar-refractivity contribution is -0.184. The van der Waals surface area contributed by atoms with Gasteiger partial charge in [0, 0.05) is 31.6 Å². The van der Waals surface area contributed by atoms with Gasteiger partial charge in [0.05, 0.1) is 12.2 Å². The Kier molecular flexibility index (Phi) is 4.85. The molecule has 2 N–H and O–H groups in total. The Morgan fingerprint density at radius 2 is 1.81 bits per heavy atom. The van der Waals surface area contributed by atoms with Gasteiger partial charge in [-0.3, -0.25) is 0 Å². The molecule has 1 aliphatic rings. The number of nitrogens with zero attached hydrogens (tertiary/aromatic N) is 1. The van der Waals surface area contributed by atoms with Crippen molar-refractivity contribution in [2.75, 3.05) is 18.0 Å². The predicted octanol–water partition coefficient (Wildman–Crippen LogP) is 1.90. The van der Waals surface area contributed by atoms with Crippen molar-refractivity contribution in [1.82, 2.24) is 0 Å². The van der Waals surface area contributed by atoms with Gasteiger partial charge in [-0.2, -0.15) is 0 Å². The van der Waals surface area contributed by atoms with Crippen molar-refractivity contribution in [2.45, 2.75) is 44.5 Å². The molecular weight excluding hydrogens is 270 g/mol. The highest BCUT2D eigenvalue weighted by atomic mass is 16.5. The van der Waals surface area contributed by atoms with Gasteiger partial charge < -0.3 is 19.8 Å². The van der Waals surface area contributed by atoms with Gasteiger partial charge in [-0.15, -0.1) is 0 Å². The largest absolute Gasteiger partial charge is 0.479 e. The number of benzene rings is 1. The van der Waals surface area contributed by atoms with Gasteiger partial charge in [0.2, 0.25) is 0 Å². The Hall–Kier alpha value is -1.59. The molecule has 1 heterocycles. The van der Waals surface area contributed by atoms with E-state index in [0.29, 0.717) is 25.9 Å². The second-order valence-corrected chi connectivity index (χ2v) is 5.69. The summed E-state index contributed by atoms with van der Waals surface area (Å²) >= 11 is 0. The van der Waals surface area contributed by atoms with Crippen LogP contribution in [0.1, 0.15) is 26.7 Å². The standard InChI is InChI=1S/C16H23NO4/c1-12(18)13(2)21-16(15(19)20)8-10-17(11-9-16)14-6-4-3-5-7-14/h3-7,12-13,18H,8-11H2,1-2H3,(H,19,20). The molecule has 0 aromatic heterocycles. The molecule has 1 aromatic carbocycles. The van der Waals surface area contributed by atoms with Crippen molar-refractivity contribution in [2.24, 2.45) is 0 Å². The smallest absolute Gasteiger partial charge is 0.336 e. The number of aliphatic hydroxyl groups excluding tert-OH is 1. The van der Waals surface area contributed by atoms with Gasteiger partial charge in [0.25, 0.3) is 0 Å². The molecule has 1 aromatic rings. The molecule has 0 aliphatic carbocycles. The van der Waals surface area contributed by atoms with Crippen molar-refractivity contribution >= 4 is 11.7 Å². The summed E-state index contributed by atoms with van der Waals surface area (Å²) in [6, 6.07) is 9.95. The summed E-state index contributed by atoms with van der Waals surface area (Å²) in [5.41, 5.74) is -0.0955. The molecule has 1 aliphatic heterocycles. The molecule has 116 valence electrons. The van der Waals surface area contributed by atoms with Crippen molar-refractivity contribution in [3.8, 4) is 0 Å². The predicted molar refractivity (Wildman–Crippen MR) is 80.5 cm³/mol. The third-order valence-corrected chi connectivity index (χ3v) is 4.17. The number of para-hydroxylation sites is 1. The van der Waals surface area contributed by atoms with Crippen LogP contribution in [0.5, 0.6) is 0 Å². The summed E-state index contributed by atoms with van der Waals surface area (Å²) < 4.78 is 5.71. The SMILES string of the molecule is CC(O)C(C)OC1(C(=O)O)CCN(c2ccccc2)CC1.